The highest BCUT2D eigenvalue weighted by Crippen LogP contribution is 2.43. The molecule has 3 aromatic heterocycles. The second-order valence-corrected chi connectivity index (χ2v) is 20.8. The normalized spacial score (nSPS) is 25.4. The van der Waals surface area contributed by atoms with Gasteiger partial charge in [0.05, 0.1) is 18.0 Å². The number of H-pyrrole nitrogens is 2. The maximum Gasteiger partial charge on any atom is 0.303 e. The second-order valence-electron chi connectivity index (χ2n) is 20.8. The lowest BCUT2D eigenvalue weighted by atomic mass is 9.86. The van der Waals surface area contributed by atoms with Gasteiger partial charge in [0.25, 0.3) is 0 Å². The minimum absolute atomic E-state index is 0.0391. The monoisotopic (exact) mass is 1110 g/mol. The number of hydrogen-bond donors (Lipinski definition) is 2. The summed E-state index contributed by atoms with van der Waals surface area (Å²) in [6.45, 7) is 21.9. The third kappa shape index (κ3) is 14.1. The molecule has 2 fully saturated rings. The Labute approximate surface area is 464 Å². The number of aryl methyl sites for hydroxylation is 3. The summed E-state index contributed by atoms with van der Waals surface area (Å²) in [5, 5.41) is 0. The van der Waals surface area contributed by atoms with Gasteiger partial charge in [0, 0.05) is 112 Å². The molecule has 0 radical (unpaired) electrons. The molecular formula is C58H74N4O18. The molecule has 3 aromatic rings. The van der Waals surface area contributed by atoms with Gasteiger partial charge in [-0.1, -0.05) is 20.8 Å². The Morgan fingerprint density at radius 1 is 0.562 bits per heavy atom. The fraction of sp³-hybridized carbons (Fsp3) is 0.569. The molecule has 80 heavy (non-hydrogen) atoms. The van der Waals surface area contributed by atoms with Gasteiger partial charge in [-0.15, -0.1) is 0 Å². The molecule has 434 valence electrons. The second kappa shape index (κ2) is 26.1. The summed E-state index contributed by atoms with van der Waals surface area (Å²) in [4.78, 5) is 104. The van der Waals surface area contributed by atoms with Crippen LogP contribution in [0.5, 0.6) is 0 Å². The topological polar surface area (TPSA) is 278 Å². The Bertz CT molecular complexity index is 3070. The van der Waals surface area contributed by atoms with Crippen molar-refractivity contribution in [2.45, 2.75) is 190 Å². The minimum Gasteiger partial charge on any atom is -0.463 e. The Morgan fingerprint density at radius 3 is 1.66 bits per heavy atom. The van der Waals surface area contributed by atoms with Crippen molar-refractivity contribution in [3.05, 3.63) is 68.8 Å². The lowest BCUT2D eigenvalue weighted by molar-refractivity contribution is -0.308. The van der Waals surface area contributed by atoms with E-state index in [1.165, 1.54) is 34.6 Å². The first-order valence-corrected chi connectivity index (χ1v) is 26.9. The van der Waals surface area contributed by atoms with Crippen LogP contribution in [0.3, 0.4) is 0 Å². The smallest absolute Gasteiger partial charge is 0.303 e. The van der Waals surface area contributed by atoms with Crippen molar-refractivity contribution in [3.63, 3.8) is 0 Å². The number of rotatable bonds is 18. The van der Waals surface area contributed by atoms with Crippen LogP contribution >= 0.6 is 0 Å². The highest BCUT2D eigenvalue weighted by molar-refractivity contribution is 5.85. The first kappa shape index (κ1) is 60.6. The molecule has 12 atom stereocenters. The van der Waals surface area contributed by atoms with Gasteiger partial charge >= 0.3 is 41.8 Å². The zero-order valence-corrected chi connectivity index (χ0v) is 47.9. The van der Waals surface area contributed by atoms with Crippen molar-refractivity contribution in [3.8, 4) is 0 Å². The summed E-state index contributed by atoms with van der Waals surface area (Å²) in [6.07, 6.45) is -6.85. The van der Waals surface area contributed by atoms with Gasteiger partial charge in [-0.2, -0.15) is 0 Å². The molecule has 0 saturated carbocycles. The molecule has 7 heterocycles. The number of carbonyl (C=O) groups is 7. The molecule has 22 nitrogen and oxygen atoms in total. The first-order chi connectivity index (χ1) is 37.8. The number of esters is 7. The molecule has 0 aromatic carbocycles. The highest BCUT2D eigenvalue weighted by Gasteiger charge is 2.53. The van der Waals surface area contributed by atoms with Crippen molar-refractivity contribution >= 4 is 75.5 Å². The molecular weight excluding hydrogens is 1040 g/mol. The molecule has 7 rings (SSSR count). The number of nitrogens with zero attached hydrogens (tertiary/aromatic N) is 2. The average molecular weight is 1120 g/mol. The molecule has 8 bridgehead atoms. The maximum atomic E-state index is 12.6. The number of ether oxygens (including phenoxy) is 11. The lowest BCUT2D eigenvalue weighted by Crippen LogP contribution is -2.63. The maximum absolute atomic E-state index is 12.6. The van der Waals surface area contributed by atoms with Crippen molar-refractivity contribution < 1.29 is 85.7 Å². The number of carbonyl (C=O) groups excluding carboxylic acids is 7. The zero-order chi connectivity index (χ0) is 58.4. The largest absolute Gasteiger partial charge is 0.463 e. The fourth-order valence-corrected chi connectivity index (χ4v) is 10.9. The predicted octanol–water partition coefficient (Wildman–Crippen LogP) is 7.43. The fourth-order valence-electron chi connectivity index (χ4n) is 10.9. The number of allylic oxidation sites excluding steroid dienone is 1. The molecule has 0 unspecified atom stereocenters. The Morgan fingerprint density at radius 2 is 1.07 bits per heavy atom. The van der Waals surface area contributed by atoms with E-state index in [1.807, 2.05) is 32.9 Å². The predicted molar refractivity (Wildman–Crippen MR) is 287 cm³/mol. The van der Waals surface area contributed by atoms with Crippen LogP contribution in [-0.4, -0.2) is 137 Å². The lowest BCUT2D eigenvalue weighted by Gasteiger charge is -2.44. The van der Waals surface area contributed by atoms with Gasteiger partial charge < -0.3 is 62.1 Å². The van der Waals surface area contributed by atoms with Crippen LogP contribution in [-0.2, 0) is 98.7 Å². The van der Waals surface area contributed by atoms with E-state index >= 15 is 0 Å². The third-order valence-corrected chi connectivity index (χ3v) is 14.9. The molecule has 4 aliphatic heterocycles. The summed E-state index contributed by atoms with van der Waals surface area (Å²) in [5.74, 6) is -5.57. The van der Waals surface area contributed by atoms with E-state index in [-0.39, 0.29) is 38.3 Å². The number of hydrogen-bond acceptors (Lipinski definition) is 20. The van der Waals surface area contributed by atoms with E-state index in [0.29, 0.717) is 12.8 Å². The van der Waals surface area contributed by atoms with Crippen LogP contribution in [0.15, 0.2) is 18.2 Å². The van der Waals surface area contributed by atoms with Crippen LogP contribution in [0, 0.1) is 26.7 Å². The Hall–Kier alpha value is -7.01. The van der Waals surface area contributed by atoms with Gasteiger partial charge in [0.2, 0.25) is 0 Å². The van der Waals surface area contributed by atoms with Crippen molar-refractivity contribution in [2.24, 2.45) is 5.92 Å². The standard InChI is InChI=1S/C58H74N4O18/c1-15-39-27(3)45-22-48-41(23-73-57-53(75-35(11)66)31(7)52(74-34(10)65)49(79-57)24-71-32(8)63)29(5)44(61-48)21-46-28(4)40(51(62-46)30(6)43-19-26(2)42(59-43)20-47(39)60-45)17-16-18-70-58-56(78-38(14)69)55(77-37(13)68)54(76-36(12)67)50(80-58)25-72-33(9)64/h19-22,28,31,40,49-50,52-58,60-61H,15-18,23-25H2,1-14H3/t28-,31-,40-,49+,50+,52-,53+,54+,55-,56+,57+,58+/m0/s1. The number of fused-ring (bicyclic) bond motifs is 8. The van der Waals surface area contributed by atoms with E-state index in [1.54, 1.807) is 6.92 Å². The van der Waals surface area contributed by atoms with Crippen LogP contribution < -0.4 is 0 Å². The molecule has 0 spiro atoms. The van der Waals surface area contributed by atoms with Crippen molar-refractivity contribution in [1.29, 1.82) is 0 Å². The molecule has 4 aliphatic rings. The Balaban J connectivity index is 1.27. The quantitative estimate of drug-likeness (QED) is 0.0711. The highest BCUT2D eigenvalue weighted by atomic mass is 16.7. The summed E-state index contributed by atoms with van der Waals surface area (Å²) < 4.78 is 64.4. The van der Waals surface area contributed by atoms with E-state index in [9.17, 15) is 33.6 Å². The number of aromatic nitrogens is 4. The SMILES string of the molecule is CCc1c(C)c2cc3[nH]c(cc4nc(c(C)c5nc(cc1[nH]2)C(C)=C5)[C@@H](CCCO[C@@H]1O[C@H](COC(C)=O)[C@@H](OC(C)=O)[C@H](OC(C)=O)[C@H]1OC(C)=O)[C@@H]4C)c(C)c3CO[C@@H]1O[C@H](COC(C)=O)[C@@H](OC(C)=O)[C@H](C)[C@H]1OC(C)=O. The first-order valence-electron chi connectivity index (χ1n) is 26.9. The van der Waals surface area contributed by atoms with Gasteiger partial charge in [-0.25, -0.2) is 4.98 Å². The van der Waals surface area contributed by atoms with Crippen LogP contribution in [0.2, 0.25) is 0 Å². The summed E-state index contributed by atoms with van der Waals surface area (Å²) in [7, 11) is 0. The zero-order valence-electron chi connectivity index (χ0n) is 47.9. The molecule has 2 saturated heterocycles. The van der Waals surface area contributed by atoms with E-state index < -0.39 is 103 Å². The molecule has 2 N–H and O–H groups in total. The van der Waals surface area contributed by atoms with Crippen LogP contribution in [0.25, 0.3) is 33.7 Å². The Kier molecular flexibility index (Phi) is 19.7. The van der Waals surface area contributed by atoms with Gasteiger partial charge in [-0.3, -0.25) is 38.5 Å². The van der Waals surface area contributed by atoms with Crippen molar-refractivity contribution in [2.75, 3.05) is 19.8 Å². The summed E-state index contributed by atoms with van der Waals surface area (Å²) >= 11 is 0. The molecule has 0 amide bonds. The van der Waals surface area contributed by atoms with Crippen LogP contribution in [0.1, 0.15) is 151 Å². The van der Waals surface area contributed by atoms with E-state index in [0.717, 1.165) is 98.5 Å². The number of aromatic amines is 2. The van der Waals surface area contributed by atoms with E-state index in [2.05, 4.69) is 42.9 Å². The summed E-state index contributed by atoms with van der Waals surface area (Å²) in [5.41, 5.74) is 12.1. The number of nitrogens with one attached hydrogen (secondary N) is 2. The molecule has 0 aliphatic carbocycles. The van der Waals surface area contributed by atoms with Gasteiger partial charge in [0.1, 0.15) is 31.5 Å². The average Bonchev–Trinajstić information content (AvgIpc) is 4.22. The molecule has 22 heteroatoms. The van der Waals surface area contributed by atoms with Gasteiger partial charge in [0.15, 0.2) is 37.0 Å². The summed E-state index contributed by atoms with van der Waals surface area (Å²) in [6, 6.07) is 6.13. The van der Waals surface area contributed by atoms with Crippen molar-refractivity contribution in [1.82, 2.24) is 19.9 Å². The van der Waals surface area contributed by atoms with E-state index in [4.69, 9.17) is 62.1 Å². The van der Waals surface area contributed by atoms with Crippen LogP contribution in [0.4, 0.5) is 0 Å². The minimum atomic E-state index is -1.38. The third-order valence-electron chi connectivity index (χ3n) is 14.9. The van der Waals surface area contributed by atoms with Gasteiger partial charge in [-0.05, 0) is 99.1 Å².